The first-order valence-electron chi connectivity index (χ1n) is 17.1. The Balaban J connectivity index is 1.17. The Bertz CT molecular complexity index is 3140. The van der Waals surface area contributed by atoms with E-state index in [-0.39, 0.29) is 0 Å². The van der Waals surface area contributed by atoms with Gasteiger partial charge in [-0.05, 0) is 48.5 Å². The second-order valence-corrected chi connectivity index (χ2v) is 14.0. The Morgan fingerprint density at radius 1 is 0.451 bits per heavy atom. The highest BCUT2D eigenvalue weighted by atomic mass is 32.1. The minimum absolute atomic E-state index is 0.686. The van der Waals surface area contributed by atoms with Crippen molar-refractivity contribution in [3.8, 4) is 39.6 Å². The Morgan fingerprint density at radius 3 is 2.00 bits per heavy atom. The van der Waals surface area contributed by atoms with Gasteiger partial charge in [-0.1, -0.05) is 115 Å². The fourth-order valence-electron chi connectivity index (χ4n) is 7.69. The fourth-order valence-corrected chi connectivity index (χ4v) is 8.83. The van der Waals surface area contributed by atoms with Crippen LogP contribution in [0.4, 0.5) is 0 Å². The third-order valence-electron chi connectivity index (χ3n) is 10.0. The molecular formula is C46H27N3OS. The average molecular weight is 670 g/mol. The number of hydrogen-bond acceptors (Lipinski definition) is 4. The molecular weight excluding hydrogens is 643 g/mol. The summed E-state index contributed by atoms with van der Waals surface area (Å²) in [6.45, 7) is 0. The molecule has 4 heterocycles. The number of aromatic nitrogens is 3. The van der Waals surface area contributed by atoms with Crippen molar-refractivity contribution in [1.82, 2.24) is 14.5 Å². The highest BCUT2D eigenvalue weighted by molar-refractivity contribution is 7.25. The summed E-state index contributed by atoms with van der Waals surface area (Å²) in [4.78, 5) is 10.4. The Kier molecular flexibility index (Phi) is 6.09. The molecule has 0 aliphatic rings. The van der Waals surface area contributed by atoms with E-state index < -0.39 is 0 Å². The van der Waals surface area contributed by atoms with Gasteiger partial charge in [-0.2, -0.15) is 0 Å². The highest BCUT2D eigenvalue weighted by Crippen LogP contribution is 2.43. The number of furan rings is 1. The van der Waals surface area contributed by atoms with E-state index in [1.807, 2.05) is 6.07 Å². The van der Waals surface area contributed by atoms with Crippen molar-refractivity contribution in [3.05, 3.63) is 164 Å². The van der Waals surface area contributed by atoms with Crippen molar-refractivity contribution in [2.75, 3.05) is 0 Å². The lowest BCUT2D eigenvalue weighted by Gasteiger charge is -2.10. The SMILES string of the molecule is c1ccc(-c2cc(-c3cccc4c3oc3c4ccc4c5ccccc5n(-c5ccccc5)c43)nc(-c3ccc4c(c3)sc3ccccc34)n2)cc1. The van der Waals surface area contributed by atoms with E-state index in [1.165, 1.54) is 25.6 Å². The van der Waals surface area contributed by atoms with Crippen molar-refractivity contribution in [2.45, 2.75) is 0 Å². The number of hydrogen-bond donors (Lipinski definition) is 0. The van der Waals surface area contributed by atoms with Crippen molar-refractivity contribution in [3.63, 3.8) is 0 Å². The molecule has 0 atom stereocenters. The van der Waals surface area contributed by atoms with Gasteiger partial charge in [0.1, 0.15) is 5.58 Å². The van der Waals surface area contributed by atoms with Crippen molar-refractivity contribution < 1.29 is 4.42 Å². The fraction of sp³-hybridized carbons (Fsp3) is 0. The third-order valence-corrected chi connectivity index (χ3v) is 11.2. The van der Waals surface area contributed by atoms with Gasteiger partial charge >= 0.3 is 0 Å². The molecule has 0 aliphatic heterocycles. The molecule has 0 N–H and O–H groups in total. The largest absolute Gasteiger partial charge is 0.453 e. The van der Waals surface area contributed by atoms with E-state index in [9.17, 15) is 0 Å². The van der Waals surface area contributed by atoms with Gasteiger partial charge in [0, 0.05) is 64.1 Å². The van der Waals surface area contributed by atoms with Crippen LogP contribution in [0.5, 0.6) is 0 Å². The smallest absolute Gasteiger partial charge is 0.160 e. The van der Waals surface area contributed by atoms with Crippen LogP contribution in [0.25, 0.3) is 104 Å². The molecule has 0 aliphatic carbocycles. The van der Waals surface area contributed by atoms with Crippen LogP contribution in [0.2, 0.25) is 0 Å². The average Bonchev–Trinajstić information content (AvgIpc) is 3.88. The van der Waals surface area contributed by atoms with Crippen LogP contribution in [0.15, 0.2) is 168 Å². The zero-order valence-corrected chi connectivity index (χ0v) is 28.1. The molecule has 5 heteroatoms. The Labute approximate surface area is 296 Å². The number of thiophene rings is 1. The Hall–Kier alpha value is -6.56. The first-order chi connectivity index (χ1) is 25.3. The summed E-state index contributed by atoms with van der Waals surface area (Å²) in [5.41, 5.74) is 9.63. The first-order valence-corrected chi connectivity index (χ1v) is 17.9. The summed E-state index contributed by atoms with van der Waals surface area (Å²) in [6.07, 6.45) is 0. The molecule has 0 radical (unpaired) electrons. The van der Waals surface area contributed by atoms with Gasteiger partial charge in [-0.15, -0.1) is 11.3 Å². The van der Waals surface area contributed by atoms with Gasteiger partial charge in [-0.3, -0.25) is 0 Å². The predicted octanol–water partition coefficient (Wildman–Crippen LogP) is 12.8. The molecule has 238 valence electrons. The zero-order valence-electron chi connectivity index (χ0n) is 27.2. The maximum Gasteiger partial charge on any atom is 0.160 e. The summed E-state index contributed by atoms with van der Waals surface area (Å²) < 4.78 is 11.9. The second kappa shape index (κ2) is 11.0. The van der Waals surface area contributed by atoms with Gasteiger partial charge < -0.3 is 8.98 Å². The van der Waals surface area contributed by atoms with Crippen molar-refractivity contribution in [2.24, 2.45) is 0 Å². The summed E-state index contributed by atoms with van der Waals surface area (Å²) in [5.74, 6) is 0.686. The van der Waals surface area contributed by atoms with Crippen LogP contribution in [-0.4, -0.2) is 14.5 Å². The molecule has 11 aromatic rings. The van der Waals surface area contributed by atoms with E-state index in [4.69, 9.17) is 14.4 Å². The normalized spacial score (nSPS) is 11.9. The molecule has 0 fully saturated rings. The van der Waals surface area contributed by atoms with Gasteiger partial charge in [0.05, 0.1) is 22.4 Å². The van der Waals surface area contributed by atoms with Crippen LogP contribution < -0.4 is 0 Å². The van der Waals surface area contributed by atoms with Crippen molar-refractivity contribution >= 4 is 75.3 Å². The van der Waals surface area contributed by atoms with Gasteiger partial charge in [0.25, 0.3) is 0 Å². The minimum Gasteiger partial charge on any atom is -0.453 e. The molecule has 51 heavy (non-hydrogen) atoms. The van der Waals surface area contributed by atoms with Crippen LogP contribution in [-0.2, 0) is 0 Å². The lowest BCUT2D eigenvalue weighted by atomic mass is 10.0. The standard InChI is InChI=1S/C46H27N3OS/c1-3-12-28(13-4-1)38-27-39(48-46(47-38)29-22-23-33-32-17-8-10-21-41(32)51-42(33)26-29)37-19-11-18-35-36-25-24-34-31-16-7-9-20-40(31)49(30-14-5-2-6-15-30)43(34)45(36)50-44(35)37/h1-27H. The van der Waals surface area contributed by atoms with Gasteiger partial charge in [0.2, 0.25) is 0 Å². The summed E-state index contributed by atoms with van der Waals surface area (Å²) in [5, 5.41) is 7.03. The molecule has 0 saturated heterocycles. The molecule has 4 nitrogen and oxygen atoms in total. The summed E-state index contributed by atoms with van der Waals surface area (Å²) in [7, 11) is 0. The predicted molar refractivity (Wildman–Crippen MR) is 213 cm³/mol. The van der Waals surface area contributed by atoms with E-state index in [0.29, 0.717) is 5.82 Å². The topological polar surface area (TPSA) is 43.9 Å². The van der Waals surface area contributed by atoms with Crippen LogP contribution >= 0.6 is 11.3 Å². The molecule has 11 rings (SSSR count). The lowest BCUT2D eigenvalue weighted by Crippen LogP contribution is -1.96. The third kappa shape index (κ3) is 4.32. The molecule has 4 aromatic heterocycles. The molecule has 0 spiro atoms. The minimum atomic E-state index is 0.686. The molecule has 7 aromatic carbocycles. The van der Waals surface area contributed by atoms with E-state index >= 15 is 0 Å². The van der Waals surface area contributed by atoms with Crippen LogP contribution in [0.3, 0.4) is 0 Å². The summed E-state index contributed by atoms with van der Waals surface area (Å²) in [6, 6.07) is 57.6. The monoisotopic (exact) mass is 669 g/mol. The molecule has 0 bridgehead atoms. The highest BCUT2D eigenvalue weighted by Gasteiger charge is 2.21. The Morgan fingerprint density at radius 2 is 1.12 bits per heavy atom. The zero-order chi connectivity index (χ0) is 33.5. The van der Waals surface area contributed by atoms with Crippen LogP contribution in [0, 0.1) is 0 Å². The van der Waals surface area contributed by atoms with Crippen LogP contribution in [0.1, 0.15) is 0 Å². The molecule has 0 unspecified atom stereocenters. The van der Waals surface area contributed by atoms with E-state index in [2.05, 4.69) is 162 Å². The second-order valence-electron chi connectivity index (χ2n) is 12.9. The van der Waals surface area contributed by atoms with Gasteiger partial charge in [0.15, 0.2) is 11.4 Å². The summed E-state index contributed by atoms with van der Waals surface area (Å²) >= 11 is 1.81. The number of para-hydroxylation sites is 3. The first kappa shape index (κ1) is 28.3. The quantitative estimate of drug-likeness (QED) is 0.187. The number of rotatable bonds is 4. The number of nitrogens with zero attached hydrogens (tertiary/aromatic N) is 3. The van der Waals surface area contributed by atoms with Gasteiger partial charge in [-0.25, -0.2) is 9.97 Å². The maximum absolute atomic E-state index is 7.05. The molecule has 0 saturated carbocycles. The molecule has 0 amide bonds. The van der Waals surface area contributed by atoms with Crippen molar-refractivity contribution in [1.29, 1.82) is 0 Å². The number of fused-ring (bicyclic) bond motifs is 10. The number of benzene rings is 7. The lowest BCUT2D eigenvalue weighted by molar-refractivity contribution is 0.672. The van der Waals surface area contributed by atoms with E-state index in [0.717, 1.165) is 72.1 Å². The maximum atomic E-state index is 7.05. The van der Waals surface area contributed by atoms with E-state index in [1.54, 1.807) is 11.3 Å².